The molecule has 4 N–H and O–H groups in total. The van der Waals surface area contributed by atoms with Crippen molar-refractivity contribution in [3.63, 3.8) is 0 Å². The second kappa shape index (κ2) is 6.70. The Balaban J connectivity index is 2.32. The van der Waals surface area contributed by atoms with E-state index in [4.69, 9.17) is 5.11 Å². The maximum absolute atomic E-state index is 11.0. The molecule has 0 spiro atoms. The second-order valence-electron chi connectivity index (χ2n) is 3.69. The average Bonchev–Trinajstić information content (AvgIpc) is 2.75. The van der Waals surface area contributed by atoms with E-state index in [0.29, 0.717) is 25.2 Å². The molecule has 0 bridgehead atoms. The fourth-order valence-corrected chi connectivity index (χ4v) is 1.45. The topological polar surface area (TPSA) is 94.2 Å². The maximum Gasteiger partial charge on any atom is 0.326 e. The van der Waals surface area contributed by atoms with E-state index in [1.165, 1.54) is 6.92 Å². The Morgan fingerprint density at radius 1 is 1.47 bits per heavy atom. The Morgan fingerprint density at radius 2 is 2.24 bits per heavy atom. The van der Waals surface area contributed by atoms with Crippen LogP contribution in [0.4, 0.5) is 0 Å². The van der Waals surface area contributed by atoms with E-state index in [-0.39, 0.29) is 5.91 Å². The number of carbonyl (C=O) groups excluding carboxylic acids is 1. The van der Waals surface area contributed by atoms with Crippen LogP contribution in [0.3, 0.4) is 0 Å². The van der Waals surface area contributed by atoms with Crippen molar-refractivity contribution in [1.29, 1.82) is 0 Å². The van der Waals surface area contributed by atoms with E-state index in [0.717, 1.165) is 0 Å². The minimum absolute atomic E-state index is 0.0795. The van der Waals surface area contributed by atoms with Crippen LogP contribution in [0.2, 0.25) is 0 Å². The quantitative estimate of drug-likeness (QED) is 0.513. The summed E-state index contributed by atoms with van der Waals surface area (Å²) >= 11 is 0. The van der Waals surface area contributed by atoms with Gasteiger partial charge in [0.1, 0.15) is 6.04 Å². The first-order valence-electron chi connectivity index (χ1n) is 5.45. The molecule has 17 heavy (non-hydrogen) atoms. The van der Waals surface area contributed by atoms with Gasteiger partial charge < -0.3 is 15.4 Å². The van der Waals surface area contributed by atoms with Gasteiger partial charge in [-0.25, -0.2) is 0 Å². The van der Waals surface area contributed by atoms with Crippen LogP contribution in [0.25, 0.3) is 0 Å². The van der Waals surface area contributed by atoms with Crippen LogP contribution in [0.1, 0.15) is 25.1 Å². The van der Waals surface area contributed by atoms with Crippen molar-refractivity contribution in [2.45, 2.75) is 19.4 Å². The number of aliphatic carboxylic acids is 1. The van der Waals surface area contributed by atoms with Crippen LogP contribution in [0.15, 0.2) is 18.3 Å². The Labute approximate surface area is 99.4 Å². The summed E-state index contributed by atoms with van der Waals surface area (Å²) in [5.41, 5.74) is 0.622. The first-order chi connectivity index (χ1) is 8.11. The Morgan fingerprint density at radius 3 is 2.76 bits per heavy atom. The van der Waals surface area contributed by atoms with E-state index in [9.17, 15) is 9.59 Å². The smallest absolute Gasteiger partial charge is 0.326 e. The van der Waals surface area contributed by atoms with Crippen molar-refractivity contribution in [2.75, 3.05) is 13.1 Å². The number of hydrogen-bond acceptors (Lipinski definition) is 3. The molecule has 1 aromatic rings. The molecular formula is C11H17N3O3. The second-order valence-corrected chi connectivity index (χ2v) is 3.69. The number of rotatable bonds is 7. The summed E-state index contributed by atoms with van der Waals surface area (Å²) < 4.78 is 0. The van der Waals surface area contributed by atoms with Gasteiger partial charge in [0.25, 0.3) is 0 Å². The number of hydrogen-bond donors (Lipinski definition) is 4. The lowest BCUT2D eigenvalue weighted by Crippen LogP contribution is -2.31. The van der Waals surface area contributed by atoms with Crippen LogP contribution in [0, 0.1) is 0 Å². The number of carboxylic acids is 1. The predicted molar refractivity (Wildman–Crippen MR) is 62.5 cm³/mol. The molecule has 0 fully saturated rings. The summed E-state index contributed by atoms with van der Waals surface area (Å²) in [6.07, 6.45) is 2.37. The molecule has 0 aliphatic carbocycles. The van der Waals surface area contributed by atoms with Gasteiger partial charge in [-0.2, -0.15) is 0 Å². The largest absolute Gasteiger partial charge is 0.480 e. The highest BCUT2D eigenvalue weighted by atomic mass is 16.4. The Bertz CT molecular complexity index is 362. The molecular weight excluding hydrogens is 222 g/mol. The third kappa shape index (κ3) is 4.69. The lowest BCUT2D eigenvalue weighted by molar-refractivity contribution is -0.139. The van der Waals surface area contributed by atoms with Crippen molar-refractivity contribution < 1.29 is 14.7 Å². The molecule has 94 valence electrons. The Kier molecular flexibility index (Phi) is 5.22. The molecule has 1 rings (SSSR count). The minimum atomic E-state index is -0.924. The fourth-order valence-electron chi connectivity index (χ4n) is 1.45. The molecule has 6 heteroatoms. The van der Waals surface area contributed by atoms with Gasteiger partial charge in [-0.15, -0.1) is 0 Å². The molecule has 6 nitrogen and oxygen atoms in total. The first kappa shape index (κ1) is 13.2. The fraction of sp³-hybridized carbons (Fsp3) is 0.455. The molecule has 1 aromatic heterocycles. The van der Waals surface area contributed by atoms with Crippen LogP contribution in [0.5, 0.6) is 0 Å². The highest BCUT2D eigenvalue weighted by Crippen LogP contribution is 2.09. The number of carboxylic acid groups (broad SMARTS) is 1. The van der Waals surface area contributed by atoms with Gasteiger partial charge in [0.2, 0.25) is 5.91 Å². The van der Waals surface area contributed by atoms with E-state index in [1.54, 1.807) is 18.3 Å². The van der Waals surface area contributed by atoms with Gasteiger partial charge in [0, 0.05) is 25.4 Å². The van der Waals surface area contributed by atoms with Crippen molar-refractivity contribution in [3.8, 4) is 0 Å². The number of H-pyrrole nitrogens is 1. The lowest BCUT2D eigenvalue weighted by Gasteiger charge is -2.13. The van der Waals surface area contributed by atoms with Gasteiger partial charge in [-0.1, -0.05) is 0 Å². The third-order valence-electron chi connectivity index (χ3n) is 2.26. The van der Waals surface area contributed by atoms with Crippen LogP contribution >= 0.6 is 0 Å². The van der Waals surface area contributed by atoms with Crippen molar-refractivity contribution >= 4 is 11.9 Å². The van der Waals surface area contributed by atoms with E-state index < -0.39 is 12.0 Å². The van der Waals surface area contributed by atoms with Crippen molar-refractivity contribution in [3.05, 3.63) is 24.0 Å². The SMILES string of the molecule is CC(=O)NCCCNC(C(=O)O)c1ccc[nH]1. The summed E-state index contributed by atoms with van der Waals surface area (Å²) in [5.74, 6) is -1.00. The lowest BCUT2D eigenvalue weighted by atomic mass is 10.2. The number of aromatic amines is 1. The van der Waals surface area contributed by atoms with Gasteiger partial charge in [0.05, 0.1) is 0 Å². The van der Waals surface area contributed by atoms with Crippen molar-refractivity contribution in [2.24, 2.45) is 0 Å². The number of amides is 1. The predicted octanol–water partition coefficient (Wildman–Crippen LogP) is 0.256. The van der Waals surface area contributed by atoms with E-state index in [2.05, 4.69) is 15.6 Å². The summed E-state index contributed by atoms with van der Waals surface area (Å²) in [4.78, 5) is 24.5. The zero-order valence-corrected chi connectivity index (χ0v) is 9.69. The number of carbonyl (C=O) groups is 2. The normalized spacial score (nSPS) is 12.1. The highest BCUT2D eigenvalue weighted by molar-refractivity contribution is 5.74. The molecule has 0 radical (unpaired) electrons. The number of nitrogens with one attached hydrogen (secondary N) is 3. The molecule has 1 unspecified atom stereocenters. The molecule has 1 amide bonds. The van der Waals surface area contributed by atoms with Crippen LogP contribution in [-0.4, -0.2) is 35.1 Å². The summed E-state index contributed by atoms with van der Waals surface area (Å²) in [6.45, 7) is 2.52. The third-order valence-corrected chi connectivity index (χ3v) is 2.26. The molecule has 0 aliphatic heterocycles. The summed E-state index contributed by atoms with van der Waals surface area (Å²) in [5, 5.41) is 14.6. The average molecular weight is 239 g/mol. The molecule has 0 aliphatic rings. The maximum atomic E-state index is 11.0. The zero-order chi connectivity index (χ0) is 12.7. The van der Waals surface area contributed by atoms with Gasteiger partial charge in [0.15, 0.2) is 0 Å². The first-order valence-corrected chi connectivity index (χ1v) is 5.45. The Hall–Kier alpha value is -1.82. The molecule has 1 heterocycles. The standard InChI is InChI=1S/C11H17N3O3/c1-8(15)12-6-3-7-14-10(11(16)17)9-4-2-5-13-9/h2,4-5,10,13-14H,3,6-7H2,1H3,(H,12,15)(H,16,17). The van der Waals surface area contributed by atoms with Gasteiger partial charge in [-0.3, -0.25) is 14.9 Å². The van der Waals surface area contributed by atoms with E-state index >= 15 is 0 Å². The molecule has 0 saturated carbocycles. The zero-order valence-electron chi connectivity index (χ0n) is 9.69. The minimum Gasteiger partial charge on any atom is -0.480 e. The van der Waals surface area contributed by atoms with Crippen molar-refractivity contribution in [1.82, 2.24) is 15.6 Å². The van der Waals surface area contributed by atoms with Crippen LogP contribution < -0.4 is 10.6 Å². The van der Waals surface area contributed by atoms with E-state index in [1.807, 2.05) is 0 Å². The molecule has 0 aromatic carbocycles. The highest BCUT2D eigenvalue weighted by Gasteiger charge is 2.19. The van der Waals surface area contributed by atoms with Gasteiger partial charge >= 0.3 is 5.97 Å². The molecule has 0 saturated heterocycles. The summed E-state index contributed by atoms with van der Waals surface area (Å²) in [6, 6.07) is 2.74. The number of aromatic nitrogens is 1. The van der Waals surface area contributed by atoms with Gasteiger partial charge in [-0.05, 0) is 25.1 Å². The monoisotopic (exact) mass is 239 g/mol. The molecule has 1 atom stereocenters. The van der Waals surface area contributed by atoms with Crippen LogP contribution in [-0.2, 0) is 9.59 Å². The summed E-state index contributed by atoms with van der Waals surface area (Å²) in [7, 11) is 0.